The Balaban J connectivity index is 2.04. The van der Waals surface area contributed by atoms with E-state index >= 15 is 0 Å². The lowest BCUT2D eigenvalue weighted by Gasteiger charge is -2.10. The summed E-state index contributed by atoms with van der Waals surface area (Å²) in [6.45, 7) is 0. The zero-order valence-corrected chi connectivity index (χ0v) is 10.0. The summed E-state index contributed by atoms with van der Waals surface area (Å²) in [7, 11) is 0. The molecule has 0 saturated carbocycles. The Morgan fingerprint density at radius 1 is 0.950 bits per heavy atom. The molecule has 0 saturated heterocycles. The van der Waals surface area contributed by atoms with Gasteiger partial charge in [-0.15, -0.1) is 0 Å². The number of hydrogen-bond donors (Lipinski definition) is 3. The fourth-order valence-electron chi connectivity index (χ4n) is 1.88. The molecule has 4 nitrogen and oxygen atoms in total. The van der Waals surface area contributed by atoms with Gasteiger partial charge in [0.15, 0.2) is 11.6 Å². The van der Waals surface area contributed by atoms with Crippen molar-refractivity contribution in [1.29, 1.82) is 0 Å². The van der Waals surface area contributed by atoms with E-state index in [9.17, 15) is 13.2 Å². The van der Waals surface area contributed by atoms with Gasteiger partial charge in [-0.25, -0.2) is 13.2 Å². The maximum Gasteiger partial charge on any atom is 0.161 e. The summed E-state index contributed by atoms with van der Waals surface area (Å²) in [5, 5.41) is 10.0. The number of nitrogens with zero attached hydrogens (tertiary/aromatic N) is 1. The number of benzene rings is 2. The third-order valence-electron chi connectivity index (χ3n) is 2.89. The van der Waals surface area contributed by atoms with Crippen molar-refractivity contribution in [2.45, 2.75) is 0 Å². The predicted molar refractivity (Wildman–Crippen MR) is 70.1 cm³/mol. The standard InChI is InChI=1S/C13H9F3N4/c14-7-2-9(16)12(3-8(7)15)19-13-4-11-6(1-10(13)17)5-18-20-11/h1-5,19H,17H2,(H,18,20). The van der Waals surface area contributed by atoms with Gasteiger partial charge in [-0.3, -0.25) is 5.10 Å². The van der Waals surface area contributed by atoms with Crippen LogP contribution in [0.3, 0.4) is 0 Å². The number of anilines is 3. The van der Waals surface area contributed by atoms with Crippen LogP contribution in [0.25, 0.3) is 10.9 Å². The first kappa shape index (κ1) is 12.3. The SMILES string of the molecule is Nc1cc2cn[nH]c2cc1Nc1cc(F)c(F)cc1F. The average molecular weight is 278 g/mol. The first-order chi connectivity index (χ1) is 9.54. The molecule has 0 aliphatic carbocycles. The summed E-state index contributed by atoms with van der Waals surface area (Å²) < 4.78 is 39.6. The minimum absolute atomic E-state index is 0.200. The Kier molecular flexibility index (Phi) is 2.74. The van der Waals surface area contributed by atoms with E-state index in [2.05, 4.69) is 15.5 Å². The summed E-state index contributed by atoms with van der Waals surface area (Å²) >= 11 is 0. The Labute approximate surface area is 111 Å². The fourth-order valence-corrected chi connectivity index (χ4v) is 1.88. The van der Waals surface area contributed by atoms with Crippen LogP contribution in [0.1, 0.15) is 0 Å². The Hall–Kier alpha value is -2.70. The van der Waals surface area contributed by atoms with Gasteiger partial charge in [-0.05, 0) is 12.1 Å². The summed E-state index contributed by atoms with van der Waals surface area (Å²) in [6.07, 6.45) is 1.59. The molecule has 0 aliphatic heterocycles. The van der Waals surface area contributed by atoms with Crippen molar-refractivity contribution < 1.29 is 13.2 Å². The normalized spacial score (nSPS) is 10.9. The third kappa shape index (κ3) is 2.03. The molecule has 2 aromatic carbocycles. The van der Waals surface area contributed by atoms with Gasteiger partial charge in [0, 0.05) is 17.5 Å². The van der Waals surface area contributed by atoms with Crippen LogP contribution in [0.4, 0.5) is 30.2 Å². The molecule has 1 aromatic heterocycles. The maximum atomic E-state index is 13.6. The molecule has 0 amide bonds. The lowest BCUT2D eigenvalue weighted by Crippen LogP contribution is -2.00. The van der Waals surface area contributed by atoms with Crippen molar-refractivity contribution in [1.82, 2.24) is 10.2 Å². The smallest absolute Gasteiger partial charge is 0.161 e. The average Bonchev–Trinajstić information content (AvgIpc) is 2.83. The highest BCUT2D eigenvalue weighted by atomic mass is 19.2. The number of H-pyrrole nitrogens is 1. The van der Waals surface area contributed by atoms with Gasteiger partial charge < -0.3 is 11.1 Å². The van der Waals surface area contributed by atoms with Gasteiger partial charge in [0.1, 0.15) is 5.82 Å². The van der Waals surface area contributed by atoms with Gasteiger partial charge in [0.25, 0.3) is 0 Å². The second-order valence-electron chi connectivity index (χ2n) is 4.27. The molecular formula is C13H9F3N4. The zero-order chi connectivity index (χ0) is 14.3. The minimum Gasteiger partial charge on any atom is -0.397 e. The lowest BCUT2D eigenvalue weighted by atomic mass is 10.2. The topological polar surface area (TPSA) is 66.7 Å². The van der Waals surface area contributed by atoms with Crippen LogP contribution in [-0.2, 0) is 0 Å². The van der Waals surface area contributed by atoms with Gasteiger partial charge in [0.05, 0.1) is 28.8 Å². The van der Waals surface area contributed by atoms with Crippen LogP contribution >= 0.6 is 0 Å². The molecule has 0 fully saturated rings. The molecule has 0 aliphatic rings. The maximum absolute atomic E-state index is 13.6. The molecule has 7 heteroatoms. The van der Waals surface area contributed by atoms with E-state index in [0.717, 1.165) is 11.5 Å². The van der Waals surface area contributed by atoms with E-state index in [1.54, 1.807) is 18.3 Å². The first-order valence-corrected chi connectivity index (χ1v) is 5.69. The Morgan fingerprint density at radius 2 is 1.70 bits per heavy atom. The van der Waals surface area contributed by atoms with E-state index in [1.807, 2.05) is 0 Å². The Bertz CT molecular complexity index is 798. The second kappa shape index (κ2) is 4.44. The molecule has 20 heavy (non-hydrogen) atoms. The molecule has 1 heterocycles. The van der Waals surface area contributed by atoms with Crippen molar-refractivity contribution in [3.63, 3.8) is 0 Å². The van der Waals surface area contributed by atoms with Gasteiger partial charge in [-0.1, -0.05) is 0 Å². The summed E-state index contributed by atoms with van der Waals surface area (Å²) in [5.41, 5.74) is 7.01. The molecule has 0 spiro atoms. The van der Waals surface area contributed by atoms with Crippen molar-refractivity contribution in [2.24, 2.45) is 0 Å². The Morgan fingerprint density at radius 3 is 2.50 bits per heavy atom. The number of aromatic amines is 1. The fraction of sp³-hybridized carbons (Fsp3) is 0. The monoisotopic (exact) mass is 278 g/mol. The summed E-state index contributed by atoms with van der Waals surface area (Å²) in [6, 6.07) is 4.46. The van der Waals surface area contributed by atoms with E-state index in [0.29, 0.717) is 23.0 Å². The van der Waals surface area contributed by atoms with Crippen molar-refractivity contribution >= 4 is 28.0 Å². The van der Waals surface area contributed by atoms with E-state index < -0.39 is 17.5 Å². The highest BCUT2D eigenvalue weighted by Gasteiger charge is 2.11. The first-order valence-electron chi connectivity index (χ1n) is 5.69. The summed E-state index contributed by atoms with van der Waals surface area (Å²) in [4.78, 5) is 0. The van der Waals surface area contributed by atoms with Crippen molar-refractivity contribution in [2.75, 3.05) is 11.1 Å². The number of nitrogen functional groups attached to an aromatic ring is 1. The lowest BCUT2D eigenvalue weighted by molar-refractivity contribution is 0.496. The number of hydrogen-bond acceptors (Lipinski definition) is 3. The highest BCUT2D eigenvalue weighted by Crippen LogP contribution is 2.29. The van der Waals surface area contributed by atoms with Gasteiger partial charge in [0.2, 0.25) is 0 Å². The third-order valence-corrected chi connectivity index (χ3v) is 2.89. The van der Waals surface area contributed by atoms with Crippen molar-refractivity contribution in [3.05, 3.63) is 47.9 Å². The molecule has 0 atom stereocenters. The molecule has 0 radical (unpaired) electrons. The van der Waals surface area contributed by atoms with Crippen LogP contribution in [-0.4, -0.2) is 10.2 Å². The molecule has 0 bridgehead atoms. The molecule has 4 N–H and O–H groups in total. The number of halogens is 3. The molecule has 102 valence electrons. The molecular weight excluding hydrogens is 269 g/mol. The van der Waals surface area contributed by atoms with Crippen LogP contribution < -0.4 is 11.1 Å². The zero-order valence-electron chi connectivity index (χ0n) is 10.0. The summed E-state index contributed by atoms with van der Waals surface area (Å²) in [5.74, 6) is -3.30. The predicted octanol–water partition coefficient (Wildman–Crippen LogP) is 3.31. The largest absolute Gasteiger partial charge is 0.397 e. The van der Waals surface area contributed by atoms with E-state index in [-0.39, 0.29) is 5.69 Å². The number of nitrogens with one attached hydrogen (secondary N) is 2. The van der Waals surface area contributed by atoms with E-state index in [1.165, 1.54) is 0 Å². The number of aromatic nitrogens is 2. The van der Waals surface area contributed by atoms with Crippen LogP contribution in [0.15, 0.2) is 30.5 Å². The number of rotatable bonds is 2. The minimum atomic E-state index is -1.25. The number of fused-ring (bicyclic) bond motifs is 1. The van der Waals surface area contributed by atoms with Gasteiger partial charge in [-0.2, -0.15) is 5.10 Å². The molecule has 3 aromatic rings. The molecule has 3 rings (SSSR count). The second-order valence-corrected chi connectivity index (χ2v) is 4.27. The molecule has 0 unspecified atom stereocenters. The van der Waals surface area contributed by atoms with Crippen LogP contribution in [0.5, 0.6) is 0 Å². The highest BCUT2D eigenvalue weighted by molar-refractivity contribution is 5.89. The quantitative estimate of drug-likeness (QED) is 0.497. The van der Waals surface area contributed by atoms with Crippen molar-refractivity contribution in [3.8, 4) is 0 Å². The van der Waals surface area contributed by atoms with E-state index in [4.69, 9.17) is 5.73 Å². The van der Waals surface area contributed by atoms with Crippen LogP contribution in [0, 0.1) is 17.5 Å². The van der Waals surface area contributed by atoms with Crippen LogP contribution in [0.2, 0.25) is 0 Å². The van der Waals surface area contributed by atoms with Gasteiger partial charge >= 0.3 is 0 Å². The number of nitrogens with two attached hydrogens (primary N) is 1.